The van der Waals surface area contributed by atoms with Crippen LogP contribution in [0.1, 0.15) is 11.1 Å². The van der Waals surface area contributed by atoms with Crippen molar-refractivity contribution in [3.05, 3.63) is 29.3 Å². The molecule has 4 nitrogen and oxygen atoms in total. The molecule has 1 atom stereocenters. The van der Waals surface area contributed by atoms with E-state index in [1.165, 1.54) is 16.8 Å². The minimum absolute atomic E-state index is 0.310. The molecule has 1 aromatic rings. The van der Waals surface area contributed by atoms with Crippen molar-refractivity contribution in [3.8, 4) is 0 Å². The van der Waals surface area contributed by atoms with Crippen molar-refractivity contribution in [1.82, 2.24) is 10.2 Å². The molecule has 2 rings (SSSR count). The topological polar surface area (TPSA) is 38.7 Å². The molecule has 19 heavy (non-hydrogen) atoms. The van der Waals surface area contributed by atoms with Crippen LogP contribution in [-0.2, 0) is 13.0 Å². The Balaban J connectivity index is 1.81. The number of likely N-dealkylation sites (N-methyl/N-ethyl adjacent to an activating group) is 2. The molecule has 0 saturated carbocycles. The van der Waals surface area contributed by atoms with Crippen molar-refractivity contribution >= 4 is 5.69 Å². The van der Waals surface area contributed by atoms with Gasteiger partial charge in [-0.05, 0) is 37.7 Å². The molecule has 0 fully saturated rings. The molecule has 0 spiro atoms. The van der Waals surface area contributed by atoms with E-state index in [-0.39, 0.29) is 6.10 Å². The minimum Gasteiger partial charge on any atom is -0.390 e. The number of anilines is 1. The van der Waals surface area contributed by atoms with Crippen molar-refractivity contribution in [2.24, 2.45) is 0 Å². The Kier molecular flexibility index (Phi) is 4.80. The van der Waals surface area contributed by atoms with Gasteiger partial charge in [0.15, 0.2) is 0 Å². The lowest BCUT2D eigenvalue weighted by molar-refractivity contribution is 0.134. The van der Waals surface area contributed by atoms with Gasteiger partial charge >= 0.3 is 0 Å². The fraction of sp³-hybridized carbons (Fsp3) is 0.600. The van der Waals surface area contributed by atoms with Crippen LogP contribution in [0.15, 0.2) is 18.2 Å². The van der Waals surface area contributed by atoms with Gasteiger partial charge in [0, 0.05) is 38.9 Å². The van der Waals surface area contributed by atoms with Gasteiger partial charge in [-0.3, -0.25) is 0 Å². The number of nitrogens with one attached hydrogen (secondary N) is 1. The van der Waals surface area contributed by atoms with Gasteiger partial charge in [0.1, 0.15) is 0 Å². The van der Waals surface area contributed by atoms with Gasteiger partial charge in [-0.25, -0.2) is 0 Å². The van der Waals surface area contributed by atoms with Gasteiger partial charge in [0.2, 0.25) is 0 Å². The summed E-state index contributed by atoms with van der Waals surface area (Å²) in [6.07, 6.45) is 0.832. The van der Waals surface area contributed by atoms with E-state index in [9.17, 15) is 5.11 Å². The average molecular weight is 263 g/mol. The molecule has 1 aliphatic heterocycles. The zero-order valence-corrected chi connectivity index (χ0v) is 12.2. The Labute approximate surface area is 116 Å². The number of aliphatic hydroxyl groups excluding tert-OH is 1. The zero-order valence-electron chi connectivity index (χ0n) is 12.2. The van der Waals surface area contributed by atoms with Crippen LogP contribution in [0, 0.1) is 0 Å². The van der Waals surface area contributed by atoms with Crippen LogP contribution in [0.4, 0.5) is 5.69 Å². The second-order valence-corrected chi connectivity index (χ2v) is 5.68. The first kappa shape index (κ1) is 14.3. The summed E-state index contributed by atoms with van der Waals surface area (Å²) in [5, 5.41) is 13.1. The van der Waals surface area contributed by atoms with E-state index in [2.05, 4.69) is 35.5 Å². The third-order valence-corrected chi connectivity index (χ3v) is 3.56. The smallest absolute Gasteiger partial charge is 0.0791 e. The molecule has 1 unspecified atom stereocenters. The Morgan fingerprint density at radius 3 is 2.95 bits per heavy atom. The molecule has 0 bridgehead atoms. The molecule has 0 radical (unpaired) electrons. The van der Waals surface area contributed by atoms with Gasteiger partial charge < -0.3 is 20.2 Å². The highest BCUT2D eigenvalue weighted by Gasteiger charge is 2.15. The summed E-state index contributed by atoms with van der Waals surface area (Å²) in [4.78, 5) is 4.30. The molecular weight excluding hydrogens is 238 g/mol. The second kappa shape index (κ2) is 6.37. The number of rotatable bonds is 6. The summed E-state index contributed by atoms with van der Waals surface area (Å²) in [5.41, 5.74) is 4.10. The molecule has 2 N–H and O–H groups in total. The Bertz CT molecular complexity index is 420. The van der Waals surface area contributed by atoms with E-state index < -0.39 is 0 Å². The van der Waals surface area contributed by atoms with Crippen molar-refractivity contribution in [3.63, 3.8) is 0 Å². The van der Waals surface area contributed by atoms with Gasteiger partial charge in [-0.15, -0.1) is 0 Å². The molecule has 106 valence electrons. The monoisotopic (exact) mass is 263 g/mol. The number of fused-ring (bicyclic) bond motifs is 1. The quantitative estimate of drug-likeness (QED) is 0.792. The normalized spacial score (nSPS) is 15.9. The maximum Gasteiger partial charge on any atom is 0.0791 e. The highest BCUT2D eigenvalue weighted by molar-refractivity contribution is 5.58. The van der Waals surface area contributed by atoms with Crippen LogP contribution in [0.2, 0.25) is 0 Å². The molecular formula is C15H25N3O. The number of nitrogens with zero attached hydrogens (tertiary/aromatic N) is 2. The van der Waals surface area contributed by atoms with Crippen LogP contribution in [0.5, 0.6) is 0 Å². The van der Waals surface area contributed by atoms with Crippen LogP contribution in [0.25, 0.3) is 0 Å². The minimum atomic E-state index is -0.310. The number of hydrogen-bond acceptors (Lipinski definition) is 4. The fourth-order valence-electron chi connectivity index (χ4n) is 2.60. The Hall–Kier alpha value is -1.10. The fourth-order valence-corrected chi connectivity index (χ4v) is 2.60. The van der Waals surface area contributed by atoms with Crippen molar-refractivity contribution in [1.29, 1.82) is 0 Å². The van der Waals surface area contributed by atoms with Gasteiger partial charge in [-0.2, -0.15) is 0 Å². The third kappa shape index (κ3) is 3.93. The molecule has 0 amide bonds. The second-order valence-electron chi connectivity index (χ2n) is 5.68. The number of benzene rings is 1. The van der Waals surface area contributed by atoms with E-state index in [4.69, 9.17) is 0 Å². The lowest BCUT2D eigenvalue weighted by Crippen LogP contribution is -2.34. The first-order valence-electron chi connectivity index (χ1n) is 6.92. The van der Waals surface area contributed by atoms with Crippen molar-refractivity contribution < 1.29 is 5.11 Å². The molecule has 1 aliphatic rings. The molecule has 0 aromatic heterocycles. The van der Waals surface area contributed by atoms with E-state index in [1.807, 2.05) is 19.0 Å². The molecule has 1 aromatic carbocycles. The van der Waals surface area contributed by atoms with Crippen LogP contribution < -0.4 is 10.2 Å². The predicted molar refractivity (Wildman–Crippen MR) is 79.7 cm³/mol. The van der Waals surface area contributed by atoms with Crippen LogP contribution in [0.3, 0.4) is 0 Å². The summed E-state index contributed by atoms with van der Waals surface area (Å²) in [5.74, 6) is 0. The first-order valence-corrected chi connectivity index (χ1v) is 6.92. The summed E-state index contributed by atoms with van der Waals surface area (Å²) < 4.78 is 0. The van der Waals surface area contributed by atoms with E-state index >= 15 is 0 Å². The van der Waals surface area contributed by atoms with E-state index in [0.717, 1.165) is 19.5 Å². The maximum atomic E-state index is 9.78. The van der Waals surface area contributed by atoms with Crippen molar-refractivity contribution in [2.45, 2.75) is 19.1 Å². The highest BCUT2D eigenvalue weighted by atomic mass is 16.3. The standard InChI is InChI=1S/C15H25N3O/c1-17(2)11-14(19)10-16-9-12-4-5-15-13(8-12)6-7-18(15)3/h4-5,8,14,16,19H,6-7,9-11H2,1-3H3. The average Bonchev–Trinajstić information content (AvgIpc) is 2.70. The molecule has 0 saturated heterocycles. The van der Waals surface area contributed by atoms with Crippen molar-refractivity contribution in [2.75, 3.05) is 45.7 Å². The summed E-state index contributed by atoms with van der Waals surface area (Å²) >= 11 is 0. The zero-order chi connectivity index (χ0) is 13.8. The summed E-state index contributed by atoms with van der Waals surface area (Å²) in [6, 6.07) is 6.66. The number of hydrogen-bond donors (Lipinski definition) is 2. The van der Waals surface area contributed by atoms with Gasteiger partial charge in [-0.1, -0.05) is 12.1 Å². The Morgan fingerprint density at radius 2 is 2.21 bits per heavy atom. The number of aliphatic hydroxyl groups is 1. The first-order chi connectivity index (χ1) is 9.06. The SMILES string of the molecule is CN(C)CC(O)CNCc1ccc2c(c1)CCN2C. The molecule has 1 heterocycles. The van der Waals surface area contributed by atoms with Crippen LogP contribution >= 0.6 is 0 Å². The molecule has 4 heteroatoms. The van der Waals surface area contributed by atoms with Gasteiger partial charge in [0.25, 0.3) is 0 Å². The summed E-state index contributed by atoms with van der Waals surface area (Å²) in [6.45, 7) is 3.27. The van der Waals surface area contributed by atoms with Gasteiger partial charge in [0.05, 0.1) is 6.10 Å². The van der Waals surface area contributed by atoms with Crippen LogP contribution in [-0.4, -0.2) is 56.9 Å². The maximum absolute atomic E-state index is 9.78. The lowest BCUT2D eigenvalue weighted by Gasteiger charge is -2.16. The lowest BCUT2D eigenvalue weighted by atomic mass is 10.1. The summed E-state index contributed by atoms with van der Waals surface area (Å²) in [7, 11) is 6.09. The largest absolute Gasteiger partial charge is 0.390 e. The predicted octanol–water partition coefficient (Wildman–Crippen LogP) is 0.691. The highest BCUT2D eigenvalue weighted by Crippen LogP contribution is 2.27. The van der Waals surface area contributed by atoms with E-state index in [0.29, 0.717) is 13.1 Å². The molecule has 0 aliphatic carbocycles. The Morgan fingerprint density at radius 1 is 1.42 bits per heavy atom. The third-order valence-electron chi connectivity index (χ3n) is 3.56. The van der Waals surface area contributed by atoms with E-state index in [1.54, 1.807) is 0 Å².